The van der Waals surface area contributed by atoms with Gasteiger partial charge in [-0.2, -0.15) is 0 Å². The lowest BCUT2D eigenvalue weighted by atomic mass is 9.97. The minimum atomic E-state index is -0.688. The van der Waals surface area contributed by atoms with Gasteiger partial charge in [0.25, 0.3) is 5.91 Å². The number of ether oxygens (including phenoxy) is 1. The summed E-state index contributed by atoms with van der Waals surface area (Å²) in [6.07, 6.45) is -0.688. The number of fused-ring (bicyclic) bond motifs is 1. The second-order valence-electron chi connectivity index (χ2n) is 6.89. The number of H-pyrrole nitrogens is 1. The monoisotopic (exact) mass is 510 g/mol. The van der Waals surface area contributed by atoms with Gasteiger partial charge in [0.15, 0.2) is 5.78 Å². The first-order valence-corrected chi connectivity index (χ1v) is 10.4. The first-order chi connectivity index (χ1) is 15.9. The van der Waals surface area contributed by atoms with Crippen molar-refractivity contribution in [3.05, 3.63) is 87.6 Å². The Kier molecular flexibility index (Phi) is 6.18. The van der Waals surface area contributed by atoms with Crippen molar-refractivity contribution in [1.82, 2.24) is 9.97 Å². The maximum absolute atomic E-state index is 14.1. The molecule has 0 aliphatic carbocycles. The van der Waals surface area contributed by atoms with Crippen LogP contribution < -0.4 is 10.6 Å². The van der Waals surface area contributed by atoms with Crippen molar-refractivity contribution in [3.63, 3.8) is 0 Å². The predicted octanol–water partition coefficient (Wildman–Crippen LogP) is 5.13. The van der Waals surface area contributed by atoms with E-state index >= 15 is 0 Å². The molecule has 0 fully saturated rings. The largest absolute Gasteiger partial charge is 0.453 e. The van der Waals surface area contributed by atoms with Gasteiger partial charge in [0.05, 0.1) is 29.4 Å². The number of rotatable bonds is 5. The van der Waals surface area contributed by atoms with Crippen LogP contribution >= 0.6 is 15.9 Å². The molecule has 8 nitrogen and oxygen atoms in total. The maximum Gasteiger partial charge on any atom is 0.413 e. The molecule has 2 amide bonds. The fourth-order valence-electron chi connectivity index (χ4n) is 3.18. The van der Waals surface area contributed by atoms with Crippen molar-refractivity contribution < 1.29 is 23.5 Å². The summed E-state index contributed by atoms with van der Waals surface area (Å²) in [5.74, 6) is -1.47. The Morgan fingerprint density at radius 2 is 1.76 bits per heavy atom. The summed E-state index contributed by atoms with van der Waals surface area (Å²) in [6.45, 7) is 0. The fourth-order valence-corrected chi connectivity index (χ4v) is 3.54. The molecule has 0 unspecified atom stereocenters. The Labute approximate surface area is 195 Å². The van der Waals surface area contributed by atoms with E-state index in [0.717, 1.165) is 0 Å². The zero-order chi connectivity index (χ0) is 23.5. The highest BCUT2D eigenvalue weighted by Gasteiger charge is 2.20. The number of benzene rings is 3. The summed E-state index contributed by atoms with van der Waals surface area (Å²) < 4.78 is 19.2. The van der Waals surface area contributed by atoms with Crippen molar-refractivity contribution >= 4 is 56.4 Å². The van der Waals surface area contributed by atoms with E-state index < -0.39 is 23.6 Å². The van der Waals surface area contributed by atoms with Gasteiger partial charge in [-0.1, -0.05) is 34.1 Å². The lowest BCUT2D eigenvalue weighted by Crippen LogP contribution is -2.17. The number of methoxy groups -OCH3 is 1. The minimum absolute atomic E-state index is 0.0128. The molecular formula is C23H16BrFN4O4. The number of aromatic nitrogens is 2. The third-order valence-electron chi connectivity index (χ3n) is 4.74. The van der Waals surface area contributed by atoms with Crippen molar-refractivity contribution in [2.24, 2.45) is 0 Å². The molecular weight excluding hydrogens is 495 g/mol. The van der Waals surface area contributed by atoms with Crippen LogP contribution in [0.3, 0.4) is 0 Å². The average molecular weight is 511 g/mol. The van der Waals surface area contributed by atoms with E-state index in [4.69, 9.17) is 0 Å². The molecule has 33 heavy (non-hydrogen) atoms. The van der Waals surface area contributed by atoms with Gasteiger partial charge in [-0.25, -0.2) is 14.2 Å². The number of amides is 2. The van der Waals surface area contributed by atoms with E-state index in [1.165, 1.54) is 37.4 Å². The molecule has 4 rings (SSSR count). The molecule has 0 saturated heterocycles. The second kappa shape index (κ2) is 9.21. The third-order valence-corrected chi connectivity index (χ3v) is 5.24. The molecule has 10 heteroatoms. The number of carbonyl (C=O) groups excluding carboxylic acids is 3. The van der Waals surface area contributed by atoms with Crippen LogP contribution in [0.2, 0.25) is 0 Å². The number of halogens is 2. The Balaban J connectivity index is 1.64. The van der Waals surface area contributed by atoms with E-state index in [9.17, 15) is 18.8 Å². The second-order valence-corrected chi connectivity index (χ2v) is 7.80. The molecule has 0 bridgehead atoms. The summed E-state index contributed by atoms with van der Waals surface area (Å²) in [6, 6.07) is 15.2. The Hall–Kier alpha value is -4.05. The number of carbonyl (C=O) groups is 3. The van der Waals surface area contributed by atoms with Crippen molar-refractivity contribution in [3.8, 4) is 0 Å². The zero-order valence-electron chi connectivity index (χ0n) is 17.1. The van der Waals surface area contributed by atoms with E-state index in [2.05, 4.69) is 41.3 Å². The first-order valence-electron chi connectivity index (χ1n) is 9.60. The first kappa shape index (κ1) is 22.2. The number of anilines is 2. The van der Waals surface area contributed by atoms with Crippen LogP contribution in [0.25, 0.3) is 11.0 Å². The Bertz CT molecular complexity index is 1400. The highest BCUT2D eigenvalue weighted by molar-refractivity contribution is 9.10. The quantitative estimate of drug-likeness (QED) is 0.322. The van der Waals surface area contributed by atoms with Crippen LogP contribution in [-0.4, -0.2) is 34.9 Å². The number of nitrogens with zero attached hydrogens (tertiary/aromatic N) is 1. The van der Waals surface area contributed by atoms with Gasteiger partial charge in [-0.15, -0.1) is 0 Å². The summed E-state index contributed by atoms with van der Waals surface area (Å²) in [7, 11) is 1.23. The average Bonchev–Trinajstić information content (AvgIpc) is 3.22. The summed E-state index contributed by atoms with van der Waals surface area (Å²) in [5, 5.41) is 4.92. The van der Waals surface area contributed by atoms with Crippen LogP contribution in [-0.2, 0) is 4.74 Å². The summed E-state index contributed by atoms with van der Waals surface area (Å²) in [5.41, 5.74) is 1.56. The van der Waals surface area contributed by atoms with Gasteiger partial charge in [0.2, 0.25) is 5.95 Å². The van der Waals surface area contributed by atoms with Gasteiger partial charge < -0.3 is 15.0 Å². The van der Waals surface area contributed by atoms with Crippen molar-refractivity contribution in [1.29, 1.82) is 0 Å². The standard InChI is InChI=1S/C23H16BrFN4O4/c1-33-23(32)29-22-27-17-9-6-12(10-19(17)28-22)20(30)14-4-2-3-5-15(14)21(31)26-18-11-13(24)7-8-16(18)25/h2-11H,1H3,(H,26,31)(H2,27,28,29,32). The lowest BCUT2D eigenvalue weighted by molar-refractivity contribution is 0.0996. The van der Waals surface area contributed by atoms with Crippen molar-refractivity contribution in [2.75, 3.05) is 17.7 Å². The van der Waals surface area contributed by atoms with E-state index in [-0.39, 0.29) is 22.8 Å². The van der Waals surface area contributed by atoms with E-state index in [1.54, 1.807) is 30.3 Å². The van der Waals surface area contributed by atoms with Gasteiger partial charge in [0.1, 0.15) is 5.82 Å². The molecule has 0 spiro atoms. The number of ketones is 1. The van der Waals surface area contributed by atoms with Crippen LogP contribution in [0, 0.1) is 5.82 Å². The number of hydrogen-bond donors (Lipinski definition) is 3. The molecule has 1 heterocycles. The van der Waals surface area contributed by atoms with Crippen LogP contribution in [0.4, 0.5) is 20.8 Å². The van der Waals surface area contributed by atoms with E-state index in [0.29, 0.717) is 21.1 Å². The van der Waals surface area contributed by atoms with Gasteiger partial charge >= 0.3 is 6.09 Å². The predicted molar refractivity (Wildman–Crippen MR) is 124 cm³/mol. The molecule has 3 N–H and O–H groups in total. The number of nitrogens with one attached hydrogen (secondary N) is 3. The normalized spacial score (nSPS) is 10.6. The van der Waals surface area contributed by atoms with Crippen LogP contribution in [0.15, 0.2) is 65.1 Å². The maximum atomic E-state index is 14.1. The number of hydrogen-bond acceptors (Lipinski definition) is 5. The molecule has 166 valence electrons. The molecule has 3 aromatic carbocycles. The third kappa shape index (κ3) is 4.75. The number of imidazole rings is 1. The smallest absolute Gasteiger partial charge is 0.413 e. The highest BCUT2D eigenvalue weighted by Crippen LogP contribution is 2.23. The SMILES string of the molecule is COC(=O)Nc1nc2ccc(C(=O)c3ccccc3C(=O)Nc3cc(Br)ccc3F)cc2[nH]1. The number of aromatic amines is 1. The van der Waals surface area contributed by atoms with Gasteiger partial charge in [-0.05, 0) is 42.5 Å². The van der Waals surface area contributed by atoms with Crippen molar-refractivity contribution in [2.45, 2.75) is 0 Å². The Morgan fingerprint density at radius 1 is 1.00 bits per heavy atom. The fraction of sp³-hybridized carbons (Fsp3) is 0.0435. The zero-order valence-corrected chi connectivity index (χ0v) is 18.7. The molecule has 0 aliphatic heterocycles. The van der Waals surface area contributed by atoms with E-state index in [1.807, 2.05) is 0 Å². The molecule has 4 aromatic rings. The summed E-state index contributed by atoms with van der Waals surface area (Å²) >= 11 is 3.24. The van der Waals surface area contributed by atoms with Crippen LogP contribution in [0.5, 0.6) is 0 Å². The molecule has 0 atom stereocenters. The lowest BCUT2D eigenvalue weighted by Gasteiger charge is -2.11. The highest BCUT2D eigenvalue weighted by atomic mass is 79.9. The molecule has 1 aromatic heterocycles. The Morgan fingerprint density at radius 3 is 2.52 bits per heavy atom. The molecule has 0 aliphatic rings. The van der Waals surface area contributed by atoms with Crippen LogP contribution in [0.1, 0.15) is 26.3 Å². The topological polar surface area (TPSA) is 113 Å². The molecule has 0 radical (unpaired) electrons. The van der Waals surface area contributed by atoms with Gasteiger partial charge in [0, 0.05) is 15.6 Å². The minimum Gasteiger partial charge on any atom is -0.453 e. The van der Waals surface area contributed by atoms with Gasteiger partial charge in [-0.3, -0.25) is 14.9 Å². The molecule has 0 saturated carbocycles. The summed E-state index contributed by atoms with van der Waals surface area (Å²) in [4.78, 5) is 44.6.